The Morgan fingerprint density at radius 1 is 1.07 bits per heavy atom. The number of nitrogens with one attached hydrogen (secondary N) is 3. The van der Waals surface area contributed by atoms with Gasteiger partial charge in [-0.3, -0.25) is 4.79 Å². The maximum Gasteiger partial charge on any atom is 0.319 e. The van der Waals surface area contributed by atoms with Crippen LogP contribution in [-0.4, -0.2) is 31.2 Å². The lowest BCUT2D eigenvalue weighted by atomic mass is 10.1. The third-order valence-electron chi connectivity index (χ3n) is 4.47. The third-order valence-corrected chi connectivity index (χ3v) is 4.47. The van der Waals surface area contributed by atoms with Gasteiger partial charge in [0.1, 0.15) is 5.82 Å². The van der Waals surface area contributed by atoms with Crippen molar-refractivity contribution in [2.24, 2.45) is 0 Å². The Balaban J connectivity index is 1.40. The van der Waals surface area contributed by atoms with E-state index in [1.54, 1.807) is 36.4 Å². The Bertz CT molecular complexity index is 805. The van der Waals surface area contributed by atoms with Crippen molar-refractivity contribution >= 4 is 23.3 Å². The number of aryl methyl sites for hydroxylation is 1. The van der Waals surface area contributed by atoms with Gasteiger partial charge in [0.25, 0.3) is 0 Å². The fourth-order valence-electron chi connectivity index (χ4n) is 3.00. The molecule has 0 aromatic heterocycles. The second-order valence-corrected chi connectivity index (χ2v) is 6.73. The fourth-order valence-corrected chi connectivity index (χ4v) is 3.00. The first-order valence-corrected chi connectivity index (χ1v) is 9.39. The van der Waals surface area contributed by atoms with Crippen LogP contribution in [0.3, 0.4) is 0 Å². The first-order valence-electron chi connectivity index (χ1n) is 9.39. The summed E-state index contributed by atoms with van der Waals surface area (Å²) >= 11 is 0. The molecule has 0 spiro atoms. The molecule has 28 heavy (non-hydrogen) atoms. The smallest absolute Gasteiger partial charge is 0.319 e. The standard InChI is InChI=1S/C21H24FN3O3/c22-16-4-1-3-15(13-16)6-11-20(26)24-17-7-9-18(10-8-17)25-21(27)23-14-19-5-2-12-28-19/h1,3-4,7-10,13,19H,2,5-6,11-12,14H2,(H,24,26)(H2,23,25,27). The van der Waals surface area contributed by atoms with E-state index in [-0.39, 0.29) is 30.3 Å². The highest BCUT2D eigenvalue weighted by atomic mass is 19.1. The largest absolute Gasteiger partial charge is 0.376 e. The van der Waals surface area contributed by atoms with Crippen molar-refractivity contribution in [1.29, 1.82) is 0 Å². The van der Waals surface area contributed by atoms with Crippen LogP contribution in [0, 0.1) is 5.82 Å². The van der Waals surface area contributed by atoms with Crippen molar-refractivity contribution in [3.8, 4) is 0 Å². The van der Waals surface area contributed by atoms with Crippen LogP contribution >= 0.6 is 0 Å². The number of rotatable bonds is 7. The summed E-state index contributed by atoms with van der Waals surface area (Å²) in [4.78, 5) is 23.9. The molecule has 0 radical (unpaired) electrons. The lowest BCUT2D eigenvalue weighted by Gasteiger charge is -2.12. The molecule has 1 aliphatic heterocycles. The summed E-state index contributed by atoms with van der Waals surface area (Å²) in [7, 11) is 0. The normalized spacial score (nSPS) is 15.8. The number of hydrogen-bond acceptors (Lipinski definition) is 3. The van der Waals surface area contributed by atoms with Crippen LogP contribution < -0.4 is 16.0 Å². The predicted octanol–water partition coefficient (Wildman–Crippen LogP) is 3.70. The summed E-state index contributed by atoms with van der Waals surface area (Å²) in [6, 6.07) is 12.8. The molecular weight excluding hydrogens is 361 g/mol. The van der Waals surface area contributed by atoms with Crippen molar-refractivity contribution in [3.05, 3.63) is 59.9 Å². The molecule has 1 atom stereocenters. The van der Waals surface area contributed by atoms with E-state index in [1.165, 1.54) is 12.1 Å². The monoisotopic (exact) mass is 385 g/mol. The van der Waals surface area contributed by atoms with E-state index in [0.717, 1.165) is 25.0 Å². The van der Waals surface area contributed by atoms with Crippen molar-refractivity contribution in [2.45, 2.75) is 31.8 Å². The second kappa shape index (κ2) is 9.85. The highest BCUT2D eigenvalue weighted by molar-refractivity contribution is 5.92. The summed E-state index contributed by atoms with van der Waals surface area (Å²) in [5, 5.41) is 8.32. The van der Waals surface area contributed by atoms with Gasteiger partial charge in [-0.05, 0) is 61.2 Å². The van der Waals surface area contributed by atoms with Gasteiger partial charge in [-0.25, -0.2) is 9.18 Å². The number of carbonyl (C=O) groups is 2. The third kappa shape index (κ3) is 6.35. The van der Waals surface area contributed by atoms with Gasteiger partial charge in [0.2, 0.25) is 5.91 Å². The first kappa shape index (κ1) is 19.8. The quantitative estimate of drug-likeness (QED) is 0.680. The minimum atomic E-state index is -0.305. The first-order chi connectivity index (χ1) is 13.6. The highest BCUT2D eigenvalue weighted by Gasteiger charge is 2.16. The van der Waals surface area contributed by atoms with E-state index in [0.29, 0.717) is 24.3 Å². The fraction of sp³-hybridized carbons (Fsp3) is 0.333. The molecule has 1 aliphatic rings. The van der Waals surface area contributed by atoms with Gasteiger partial charge in [-0.2, -0.15) is 0 Å². The van der Waals surface area contributed by atoms with Gasteiger partial charge in [0, 0.05) is 30.9 Å². The zero-order valence-electron chi connectivity index (χ0n) is 15.5. The maximum absolute atomic E-state index is 13.2. The number of benzene rings is 2. The van der Waals surface area contributed by atoms with Gasteiger partial charge in [-0.15, -0.1) is 0 Å². The van der Waals surface area contributed by atoms with Crippen molar-refractivity contribution in [1.82, 2.24) is 5.32 Å². The number of ether oxygens (including phenoxy) is 1. The van der Waals surface area contributed by atoms with Crippen molar-refractivity contribution < 1.29 is 18.7 Å². The molecule has 3 rings (SSSR count). The van der Waals surface area contributed by atoms with E-state index >= 15 is 0 Å². The van der Waals surface area contributed by atoms with E-state index in [1.807, 2.05) is 0 Å². The van der Waals surface area contributed by atoms with Crippen LogP contribution in [0.15, 0.2) is 48.5 Å². The Morgan fingerprint density at radius 2 is 1.82 bits per heavy atom. The van der Waals surface area contributed by atoms with Gasteiger partial charge in [-0.1, -0.05) is 12.1 Å². The molecule has 7 heteroatoms. The van der Waals surface area contributed by atoms with Gasteiger partial charge >= 0.3 is 6.03 Å². The lowest BCUT2D eigenvalue weighted by molar-refractivity contribution is -0.116. The molecule has 0 bridgehead atoms. The Morgan fingerprint density at radius 3 is 2.50 bits per heavy atom. The van der Waals surface area contributed by atoms with Crippen LogP contribution in [0.1, 0.15) is 24.8 Å². The molecule has 1 unspecified atom stereocenters. The molecule has 1 saturated heterocycles. The second-order valence-electron chi connectivity index (χ2n) is 6.73. The van der Waals surface area contributed by atoms with E-state index in [9.17, 15) is 14.0 Å². The summed E-state index contributed by atoms with van der Waals surface area (Å²) in [6.07, 6.45) is 2.82. The van der Waals surface area contributed by atoms with Gasteiger partial charge in [0.15, 0.2) is 0 Å². The van der Waals surface area contributed by atoms with Crippen LogP contribution in [-0.2, 0) is 16.0 Å². The predicted molar refractivity (Wildman–Crippen MR) is 106 cm³/mol. The van der Waals surface area contributed by atoms with E-state index in [2.05, 4.69) is 16.0 Å². The zero-order chi connectivity index (χ0) is 19.8. The number of anilines is 2. The Kier molecular flexibility index (Phi) is 6.97. The number of urea groups is 1. The lowest BCUT2D eigenvalue weighted by Crippen LogP contribution is -2.35. The van der Waals surface area contributed by atoms with Crippen LogP contribution in [0.5, 0.6) is 0 Å². The molecule has 3 amide bonds. The minimum Gasteiger partial charge on any atom is -0.376 e. The average Bonchev–Trinajstić information content (AvgIpc) is 3.20. The Labute approximate surface area is 163 Å². The summed E-state index contributed by atoms with van der Waals surface area (Å²) < 4.78 is 18.6. The topological polar surface area (TPSA) is 79.5 Å². The van der Waals surface area contributed by atoms with Gasteiger partial charge < -0.3 is 20.7 Å². The highest BCUT2D eigenvalue weighted by Crippen LogP contribution is 2.15. The summed E-state index contributed by atoms with van der Waals surface area (Å²) in [5.74, 6) is -0.458. The molecule has 2 aromatic rings. The number of hydrogen-bond donors (Lipinski definition) is 3. The van der Waals surface area contributed by atoms with E-state index < -0.39 is 0 Å². The van der Waals surface area contributed by atoms with E-state index in [4.69, 9.17) is 4.74 Å². The maximum atomic E-state index is 13.2. The van der Waals surface area contributed by atoms with Gasteiger partial charge in [0.05, 0.1) is 6.10 Å². The van der Waals surface area contributed by atoms with Crippen molar-refractivity contribution in [3.63, 3.8) is 0 Å². The molecule has 3 N–H and O–H groups in total. The van der Waals surface area contributed by atoms with Crippen LogP contribution in [0.25, 0.3) is 0 Å². The minimum absolute atomic E-state index is 0.0933. The number of amides is 3. The van der Waals surface area contributed by atoms with Crippen LogP contribution in [0.4, 0.5) is 20.6 Å². The molecular formula is C21H24FN3O3. The molecule has 6 nitrogen and oxygen atoms in total. The molecule has 0 aliphatic carbocycles. The number of carbonyl (C=O) groups excluding carboxylic acids is 2. The zero-order valence-corrected chi connectivity index (χ0v) is 15.5. The molecule has 148 valence electrons. The molecule has 1 heterocycles. The molecule has 1 fully saturated rings. The summed E-state index contributed by atoms with van der Waals surface area (Å²) in [6.45, 7) is 1.24. The molecule has 2 aromatic carbocycles. The SMILES string of the molecule is O=C(CCc1cccc(F)c1)Nc1ccc(NC(=O)NCC2CCCO2)cc1. The Hall–Kier alpha value is -2.93. The summed E-state index contributed by atoms with van der Waals surface area (Å²) in [5.41, 5.74) is 2.04. The van der Waals surface area contributed by atoms with Crippen molar-refractivity contribution in [2.75, 3.05) is 23.8 Å². The van der Waals surface area contributed by atoms with Crippen LogP contribution in [0.2, 0.25) is 0 Å². The average molecular weight is 385 g/mol. The molecule has 0 saturated carbocycles. The number of halogens is 1.